The number of esters is 1. The van der Waals surface area contributed by atoms with Crippen LogP contribution in [0.15, 0.2) is 54.7 Å². The van der Waals surface area contributed by atoms with Crippen LogP contribution in [0.1, 0.15) is 6.92 Å². The maximum absolute atomic E-state index is 11.5. The molecule has 116 valence electrons. The number of ether oxygens (including phenoxy) is 2. The Balaban J connectivity index is 1.90. The predicted octanol–water partition coefficient (Wildman–Crippen LogP) is 3.24. The average molecular weight is 308 g/mol. The van der Waals surface area contributed by atoms with Crippen LogP contribution in [0.4, 0.5) is 0 Å². The molecule has 0 aliphatic carbocycles. The van der Waals surface area contributed by atoms with Gasteiger partial charge in [0, 0.05) is 17.1 Å². The molecule has 0 saturated carbocycles. The number of aromatic nitrogens is 2. The molecule has 23 heavy (non-hydrogen) atoms. The van der Waals surface area contributed by atoms with Crippen molar-refractivity contribution in [3.8, 4) is 17.0 Å². The quantitative estimate of drug-likeness (QED) is 0.677. The van der Waals surface area contributed by atoms with Crippen LogP contribution in [-0.2, 0) is 9.53 Å². The maximum atomic E-state index is 11.5. The summed E-state index contributed by atoms with van der Waals surface area (Å²) in [5.74, 6) is 0.193. The largest absolute Gasteiger partial charge is 0.481 e. The van der Waals surface area contributed by atoms with E-state index in [2.05, 4.69) is 9.97 Å². The molecule has 0 spiro atoms. The average Bonchev–Trinajstić information content (AvgIpc) is 2.60. The molecule has 5 nitrogen and oxygen atoms in total. The van der Waals surface area contributed by atoms with Gasteiger partial charge < -0.3 is 9.47 Å². The van der Waals surface area contributed by atoms with Crippen molar-refractivity contribution in [3.63, 3.8) is 0 Å². The van der Waals surface area contributed by atoms with Crippen LogP contribution in [0.25, 0.3) is 22.3 Å². The van der Waals surface area contributed by atoms with Crippen LogP contribution in [-0.4, -0.2) is 29.2 Å². The van der Waals surface area contributed by atoms with E-state index in [4.69, 9.17) is 9.47 Å². The van der Waals surface area contributed by atoms with Crippen LogP contribution < -0.4 is 4.74 Å². The number of benzene rings is 1. The van der Waals surface area contributed by atoms with E-state index in [1.165, 1.54) is 0 Å². The van der Waals surface area contributed by atoms with Gasteiger partial charge in [0.05, 0.1) is 12.3 Å². The molecule has 3 aromatic rings. The molecular formula is C18H16N2O3. The zero-order chi connectivity index (χ0) is 16.1. The molecule has 0 N–H and O–H groups in total. The Morgan fingerprint density at radius 2 is 1.96 bits per heavy atom. The van der Waals surface area contributed by atoms with Crippen molar-refractivity contribution in [2.45, 2.75) is 6.92 Å². The highest BCUT2D eigenvalue weighted by molar-refractivity contribution is 5.79. The van der Waals surface area contributed by atoms with E-state index in [0.717, 1.165) is 16.6 Å². The van der Waals surface area contributed by atoms with E-state index in [0.29, 0.717) is 18.0 Å². The van der Waals surface area contributed by atoms with Gasteiger partial charge in [0.15, 0.2) is 12.3 Å². The molecule has 2 aromatic heterocycles. The van der Waals surface area contributed by atoms with Crippen LogP contribution in [0, 0.1) is 0 Å². The second kappa shape index (κ2) is 6.87. The zero-order valence-corrected chi connectivity index (χ0v) is 12.7. The van der Waals surface area contributed by atoms with Crippen LogP contribution in [0.2, 0.25) is 0 Å². The fraction of sp³-hybridized carbons (Fsp3) is 0.167. The van der Waals surface area contributed by atoms with E-state index < -0.39 is 5.97 Å². The van der Waals surface area contributed by atoms with Crippen molar-refractivity contribution in [2.75, 3.05) is 13.2 Å². The molecule has 0 bridgehead atoms. The molecule has 0 saturated heterocycles. The lowest BCUT2D eigenvalue weighted by Crippen LogP contribution is -2.14. The Bertz CT molecular complexity index is 833. The predicted molar refractivity (Wildman–Crippen MR) is 87.1 cm³/mol. The summed E-state index contributed by atoms with van der Waals surface area (Å²) in [6, 6.07) is 15.2. The number of carbonyl (C=O) groups excluding carboxylic acids is 1. The van der Waals surface area contributed by atoms with Gasteiger partial charge in [0.1, 0.15) is 5.75 Å². The van der Waals surface area contributed by atoms with Gasteiger partial charge in [-0.2, -0.15) is 0 Å². The van der Waals surface area contributed by atoms with Crippen molar-refractivity contribution >= 4 is 17.0 Å². The Labute approximate surface area is 133 Å². The van der Waals surface area contributed by atoms with Gasteiger partial charge in [-0.15, -0.1) is 0 Å². The van der Waals surface area contributed by atoms with E-state index >= 15 is 0 Å². The summed E-state index contributed by atoms with van der Waals surface area (Å²) in [5, 5.41) is 0.973. The molecule has 0 amide bonds. The zero-order valence-electron chi connectivity index (χ0n) is 12.7. The highest BCUT2D eigenvalue weighted by Crippen LogP contribution is 2.29. The summed E-state index contributed by atoms with van der Waals surface area (Å²) in [4.78, 5) is 20.3. The number of hydrogen-bond donors (Lipinski definition) is 0. The van der Waals surface area contributed by atoms with E-state index in [-0.39, 0.29) is 6.61 Å². The van der Waals surface area contributed by atoms with Crippen LogP contribution >= 0.6 is 0 Å². The summed E-state index contributed by atoms with van der Waals surface area (Å²) < 4.78 is 10.5. The summed E-state index contributed by atoms with van der Waals surface area (Å²) in [6.45, 7) is 1.97. The standard InChI is InChI=1S/C18H16N2O3/c1-2-22-17(21)12-23-16-8-4-3-7-14(16)15-10-9-13-6-5-11-19-18(13)20-15/h3-11H,2,12H2,1H3. The third-order valence-electron chi connectivity index (χ3n) is 3.28. The summed E-state index contributed by atoms with van der Waals surface area (Å²) >= 11 is 0. The molecule has 0 radical (unpaired) electrons. The number of para-hydroxylation sites is 1. The summed E-state index contributed by atoms with van der Waals surface area (Å²) in [6.07, 6.45) is 1.71. The van der Waals surface area contributed by atoms with E-state index in [9.17, 15) is 4.79 Å². The molecule has 2 heterocycles. The lowest BCUT2D eigenvalue weighted by atomic mass is 10.1. The monoisotopic (exact) mass is 308 g/mol. The minimum Gasteiger partial charge on any atom is -0.481 e. The molecule has 0 unspecified atom stereocenters. The van der Waals surface area contributed by atoms with Gasteiger partial charge in [-0.25, -0.2) is 14.8 Å². The molecule has 0 aliphatic heterocycles. The number of nitrogens with zero attached hydrogens (tertiary/aromatic N) is 2. The maximum Gasteiger partial charge on any atom is 0.344 e. The molecule has 3 rings (SSSR count). The van der Waals surface area contributed by atoms with Crippen molar-refractivity contribution in [1.82, 2.24) is 9.97 Å². The minimum atomic E-state index is -0.393. The number of pyridine rings is 2. The molecule has 0 fully saturated rings. The number of hydrogen-bond acceptors (Lipinski definition) is 5. The summed E-state index contributed by atoms with van der Waals surface area (Å²) in [5.41, 5.74) is 2.23. The van der Waals surface area contributed by atoms with E-state index in [1.54, 1.807) is 19.2 Å². The van der Waals surface area contributed by atoms with Gasteiger partial charge in [-0.1, -0.05) is 12.1 Å². The number of fused-ring (bicyclic) bond motifs is 1. The third kappa shape index (κ3) is 3.45. The van der Waals surface area contributed by atoms with E-state index in [1.807, 2.05) is 42.5 Å². The molecular weight excluding hydrogens is 292 g/mol. The molecule has 0 aliphatic rings. The van der Waals surface area contributed by atoms with Crippen LogP contribution in [0.5, 0.6) is 5.75 Å². The Morgan fingerprint density at radius 3 is 2.83 bits per heavy atom. The second-order valence-electron chi connectivity index (χ2n) is 4.84. The fourth-order valence-electron chi connectivity index (χ4n) is 2.25. The molecule has 1 aromatic carbocycles. The lowest BCUT2D eigenvalue weighted by molar-refractivity contribution is -0.145. The number of carbonyl (C=O) groups is 1. The minimum absolute atomic E-state index is 0.128. The van der Waals surface area contributed by atoms with Gasteiger partial charge in [0.2, 0.25) is 0 Å². The summed E-state index contributed by atoms with van der Waals surface area (Å²) in [7, 11) is 0. The highest BCUT2D eigenvalue weighted by atomic mass is 16.6. The Hall–Kier alpha value is -2.95. The lowest BCUT2D eigenvalue weighted by Gasteiger charge is -2.11. The van der Waals surface area contributed by atoms with Gasteiger partial charge in [0.25, 0.3) is 0 Å². The molecule has 5 heteroatoms. The van der Waals surface area contributed by atoms with Crippen LogP contribution in [0.3, 0.4) is 0 Å². The van der Waals surface area contributed by atoms with Gasteiger partial charge >= 0.3 is 5.97 Å². The van der Waals surface area contributed by atoms with Gasteiger partial charge in [-0.05, 0) is 43.3 Å². The fourth-order valence-corrected chi connectivity index (χ4v) is 2.25. The third-order valence-corrected chi connectivity index (χ3v) is 3.28. The topological polar surface area (TPSA) is 61.3 Å². The highest BCUT2D eigenvalue weighted by Gasteiger charge is 2.10. The van der Waals surface area contributed by atoms with Gasteiger partial charge in [-0.3, -0.25) is 0 Å². The smallest absolute Gasteiger partial charge is 0.344 e. The van der Waals surface area contributed by atoms with Crippen molar-refractivity contribution in [1.29, 1.82) is 0 Å². The first kappa shape index (κ1) is 15.0. The Morgan fingerprint density at radius 1 is 1.09 bits per heavy atom. The Kier molecular flexibility index (Phi) is 4.47. The first-order valence-electron chi connectivity index (χ1n) is 7.37. The van der Waals surface area contributed by atoms with Crippen molar-refractivity contribution in [2.24, 2.45) is 0 Å². The number of rotatable bonds is 5. The van der Waals surface area contributed by atoms with Crippen molar-refractivity contribution < 1.29 is 14.3 Å². The SMILES string of the molecule is CCOC(=O)COc1ccccc1-c1ccc2cccnc2n1. The first-order chi connectivity index (χ1) is 11.3. The van der Waals surface area contributed by atoms with Crippen molar-refractivity contribution in [3.05, 3.63) is 54.7 Å². The normalized spacial score (nSPS) is 10.5. The second-order valence-corrected chi connectivity index (χ2v) is 4.84. The first-order valence-corrected chi connectivity index (χ1v) is 7.37. The molecule has 0 atom stereocenters.